The van der Waals surface area contributed by atoms with E-state index in [0.29, 0.717) is 0 Å². The predicted molar refractivity (Wildman–Crippen MR) is 71.1 cm³/mol. The molecule has 1 aromatic carbocycles. The van der Waals surface area contributed by atoms with Crippen molar-refractivity contribution in [3.8, 4) is 0 Å². The molecule has 0 atom stereocenters. The summed E-state index contributed by atoms with van der Waals surface area (Å²) in [6.45, 7) is 6.60. The molecule has 0 aliphatic rings. The van der Waals surface area contributed by atoms with E-state index in [1.54, 1.807) is 5.41 Å². The van der Waals surface area contributed by atoms with Crippen molar-refractivity contribution in [1.29, 1.82) is 0 Å². The zero-order chi connectivity index (χ0) is 10.8. The molecular formula is C12H16S2. The fourth-order valence-electron chi connectivity index (χ4n) is 1.43. The van der Waals surface area contributed by atoms with Crippen LogP contribution in [0.3, 0.4) is 0 Å². The molecule has 0 aromatic heterocycles. The number of hydrogen-bond acceptors (Lipinski definition) is 2. The van der Waals surface area contributed by atoms with E-state index in [4.69, 9.17) is 0 Å². The molecule has 14 heavy (non-hydrogen) atoms. The maximum atomic E-state index is 4.41. The van der Waals surface area contributed by atoms with Crippen LogP contribution in [0.15, 0.2) is 29.7 Å². The highest BCUT2D eigenvalue weighted by atomic mass is 32.1. The average molecular weight is 224 g/mol. The minimum absolute atomic E-state index is 0.140. The van der Waals surface area contributed by atoms with Crippen molar-refractivity contribution in [1.82, 2.24) is 0 Å². The van der Waals surface area contributed by atoms with Crippen molar-refractivity contribution in [2.75, 3.05) is 0 Å². The molecule has 0 saturated heterocycles. The molecule has 0 saturated carbocycles. The van der Waals surface area contributed by atoms with Gasteiger partial charge in [-0.05, 0) is 21.9 Å². The van der Waals surface area contributed by atoms with Gasteiger partial charge >= 0.3 is 0 Å². The molecule has 0 amide bonds. The Morgan fingerprint density at radius 3 is 2.29 bits per heavy atom. The van der Waals surface area contributed by atoms with Crippen molar-refractivity contribution in [3.05, 3.63) is 40.8 Å². The van der Waals surface area contributed by atoms with Crippen molar-refractivity contribution in [2.45, 2.75) is 26.2 Å². The topological polar surface area (TPSA) is 0 Å². The van der Waals surface area contributed by atoms with Crippen LogP contribution >= 0.6 is 25.3 Å². The zero-order valence-corrected chi connectivity index (χ0v) is 10.6. The molecule has 0 nitrogen and oxygen atoms in total. The summed E-state index contributed by atoms with van der Waals surface area (Å²) in [6.07, 6.45) is 0. The van der Waals surface area contributed by atoms with Gasteiger partial charge in [0, 0.05) is 4.91 Å². The van der Waals surface area contributed by atoms with Crippen LogP contribution in [0.25, 0.3) is 4.91 Å². The Bertz CT molecular complexity index is 346. The summed E-state index contributed by atoms with van der Waals surface area (Å²) in [7, 11) is 0. The highest BCUT2D eigenvalue weighted by Gasteiger charge is 2.17. The van der Waals surface area contributed by atoms with Gasteiger partial charge in [-0.25, -0.2) is 0 Å². The van der Waals surface area contributed by atoms with Crippen LogP contribution in [-0.2, 0) is 5.41 Å². The third-order valence-corrected chi connectivity index (χ3v) is 2.97. The molecule has 0 N–H and O–H groups in total. The molecule has 1 rings (SSSR count). The summed E-state index contributed by atoms with van der Waals surface area (Å²) in [5.74, 6) is 0. The van der Waals surface area contributed by atoms with E-state index in [1.165, 1.54) is 11.1 Å². The Balaban J connectivity index is 3.31. The van der Waals surface area contributed by atoms with E-state index < -0.39 is 0 Å². The van der Waals surface area contributed by atoms with Gasteiger partial charge in [0.15, 0.2) is 0 Å². The molecule has 1 aromatic rings. The van der Waals surface area contributed by atoms with Crippen LogP contribution in [0.5, 0.6) is 0 Å². The fourth-order valence-corrected chi connectivity index (χ4v) is 1.76. The molecule has 76 valence electrons. The lowest BCUT2D eigenvalue weighted by molar-refractivity contribution is 0.589. The van der Waals surface area contributed by atoms with E-state index in [0.717, 1.165) is 4.91 Å². The van der Waals surface area contributed by atoms with Crippen LogP contribution in [-0.4, -0.2) is 0 Å². The summed E-state index contributed by atoms with van der Waals surface area (Å²) in [5.41, 5.74) is 2.61. The van der Waals surface area contributed by atoms with Crippen LogP contribution in [0.2, 0.25) is 0 Å². The van der Waals surface area contributed by atoms with Crippen LogP contribution in [0, 0.1) is 0 Å². The molecule has 0 unspecified atom stereocenters. The summed E-state index contributed by atoms with van der Waals surface area (Å²) in [6, 6.07) is 8.31. The second-order valence-electron chi connectivity index (χ2n) is 4.31. The lowest BCUT2D eigenvalue weighted by Crippen LogP contribution is -2.13. The van der Waals surface area contributed by atoms with Gasteiger partial charge in [0.1, 0.15) is 0 Å². The van der Waals surface area contributed by atoms with E-state index in [1.807, 2.05) is 6.07 Å². The number of thiol groups is 2. The Kier molecular flexibility index (Phi) is 3.73. The second-order valence-corrected chi connectivity index (χ2v) is 5.05. The van der Waals surface area contributed by atoms with E-state index in [9.17, 15) is 0 Å². The first-order valence-electron chi connectivity index (χ1n) is 4.60. The van der Waals surface area contributed by atoms with E-state index in [2.05, 4.69) is 64.2 Å². The quantitative estimate of drug-likeness (QED) is 0.658. The Labute approximate surface area is 97.2 Å². The van der Waals surface area contributed by atoms with Gasteiger partial charge in [0.2, 0.25) is 0 Å². The number of hydrogen-bond donors (Lipinski definition) is 2. The first-order chi connectivity index (χ1) is 6.46. The van der Waals surface area contributed by atoms with Crippen molar-refractivity contribution in [3.63, 3.8) is 0 Å². The molecule has 0 heterocycles. The van der Waals surface area contributed by atoms with Crippen molar-refractivity contribution >= 4 is 30.2 Å². The largest absolute Gasteiger partial charge is 0.150 e. The first kappa shape index (κ1) is 11.7. The average Bonchev–Trinajstić information content (AvgIpc) is 2.15. The minimum Gasteiger partial charge on any atom is -0.150 e. The van der Waals surface area contributed by atoms with Crippen molar-refractivity contribution < 1.29 is 0 Å². The minimum atomic E-state index is 0.140. The molecule has 0 fully saturated rings. The third kappa shape index (κ3) is 2.58. The highest BCUT2D eigenvalue weighted by Crippen LogP contribution is 2.31. The van der Waals surface area contributed by atoms with Gasteiger partial charge in [-0.2, -0.15) is 12.6 Å². The zero-order valence-electron chi connectivity index (χ0n) is 8.78. The van der Waals surface area contributed by atoms with Gasteiger partial charge in [-0.15, -0.1) is 12.6 Å². The molecule has 0 radical (unpaired) electrons. The fraction of sp³-hybridized carbons (Fsp3) is 0.333. The second kappa shape index (κ2) is 4.45. The van der Waals surface area contributed by atoms with Crippen LogP contribution in [0.1, 0.15) is 31.9 Å². The molecule has 0 bridgehead atoms. The van der Waals surface area contributed by atoms with E-state index >= 15 is 0 Å². The Morgan fingerprint density at radius 2 is 1.79 bits per heavy atom. The first-order valence-corrected chi connectivity index (χ1v) is 5.56. The summed E-state index contributed by atoms with van der Waals surface area (Å²) >= 11 is 8.54. The maximum Gasteiger partial charge on any atom is 0.0176 e. The number of benzene rings is 1. The van der Waals surface area contributed by atoms with Crippen LogP contribution < -0.4 is 0 Å². The molecule has 0 aliphatic heterocycles. The van der Waals surface area contributed by atoms with Crippen molar-refractivity contribution in [2.24, 2.45) is 0 Å². The maximum absolute atomic E-state index is 4.41. The van der Waals surface area contributed by atoms with Gasteiger partial charge < -0.3 is 0 Å². The Morgan fingerprint density at radius 1 is 1.21 bits per heavy atom. The normalized spacial score (nSPS) is 13.1. The van der Waals surface area contributed by atoms with E-state index in [-0.39, 0.29) is 5.41 Å². The summed E-state index contributed by atoms with van der Waals surface area (Å²) in [5, 5.41) is 1.73. The highest BCUT2D eigenvalue weighted by molar-refractivity contribution is 7.92. The molecule has 2 heteroatoms. The Hall–Kier alpha value is -0.340. The molecule has 0 spiro atoms. The summed E-state index contributed by atoms with van der Waals surface area (Å²) in [4.78, 5) is 0.916. The molecule has 0 aliphatic carbocycles. The van der Waals surface area contributed by atoms with Gasteiger partial charge in [-0.3, -0.25) is 0 Å². The third-order valence-electron chi connectivity index (χ3n) is 2.13. The van der Waals surface area contributed by atoms with Gasteiger partial charge in [0.05, 0.1) is 0 Å². The SMILES string of the molecule is CC(C)(C)c1ccccc1/C(S)=C/S. The number of rotatable bonds is 1. The standard InChI is InChI=1S/C12H16S2/c1-12(2,3)10-7-5-4-6-9(10)11(14)8-13/h4-8,13-14H,1-3H3/b11-8-. The smallest absolute Gasteiger partial charge is 0.0176 e. The monoisotopic (exact) mass is 224 g/mol. The van der Waals surface area contributed by atoms with Crippen LogP contribution in [0.4, 0.5) is 0 Å². The molecular weight excluding hydrogens is 208 g/mol. The summed E-state index contributed by atoms with van der Waals surface area (Å²) < 4.78 is 0. The van der Waals surface area contributed by atoms with Gasteiger partial charge in [-0.1, -0.05) is 45.0 Å². The van der Waals surface area contributed by atoms with Gasteiger partial charge in [0.25, 0.3) is 0 Å². The lowest BCUT2D eigenvalue weighted by Gasteiger charge is -2.22. The predicted octanol–water partition coefficient (Wildman–Crippen LogP) is 4.14. The lowest BCUT2D eigenvalue weighted by atomic mass is 9.84.